The third-order valence-corrected chi connectivity index (χ3v) is 8.66. The fourth-order valence-corrected chi connectivity index (χ4v) is 7.05. The molecule has 15 heavy (non-hydrogen) atoms. The first-order valence-electron chi connectivity index (χ1n) is 4.60. The van der Waals surface area contributed by atoms with Gasteiger partial charge in [-0.3, -0.25) is 0 Å². The molecule has 0 radical (unpaired) electrons. The van der Waals surface area contributed by atoms with Crippen LogP contribution in [0.4, 0.5) is 0 Å². The normalized spacial score (nSPS) is 39.4. The minimum absolute atomic E-state index is 0. The molecule has 0 aromatic carbocycles. The van der Waals surface area contributed by atoms with E-state index >= 15 is 0 Å². The molecule has 1 aliphatic carbocycles. The molecule has 82 valence electrons. The van der Waals surface area contributed by atoms with E-state index in [0.29, 0.717) is 13.1 Å². The molecular weight excluding hydrogens is 349 g/mol. The summed E-state index contributed by atoms with van der Waals surface area (Å²) in [5, 5.41) is 0.709. The smallest absolute Gasteiger partial charge is 1.00 e. The molecule has 3 heterocycles. The van der Waals surface area contributed by atoms with Crippen molar-refractivity contribution in [2.75, 3.05) is 12.3 Å². The molecule has 5 heteroatoms. The maximum Gasteiger partial charge on any atom is -1.00 e. The number of rotatable bonds is 1. The molecule has 3 aliphatic heterocycles. The molecule has 3 fully saturated rings. The van der Waals surface area contributed by atoms with Crippen molar-refractivity contribution in [3.63, 3.8) is 0 Å². The second-order valence-electron chi connectivity index (χ2n) is 4.25. The Bertz CT molecular complexity index is 300. The van der Waals surface area contributed by atoms with Crippen molar-refractivity contribution in [3.05, 3.63) is 21.0 Å². The van der Waals surface area contributed by atoms with Gasteiger partial charge in [0.1, 0.15) is 0 Å². The monoisotopic (exact) mass is 358 g/mol. The summed E-state index contributed by atoms with van der Waals surface area (Å²) in [7, 11) is 0.448. The van der Waals surface area contributed by atoms with Crippen LogP contribution in [0.15, 0.2) is 21.0 Å². The first kappa shape index (κ1) is 16.7. The molecular formula is C10H12Cl3PZr. The van der Waals surface area contributed by atoms with Crippen LogP contribution in [-0.4, -0.2) is 17.5 Å². The number of allylic oxidation sites excluding steroid dienone is 4. The van der Waals surface area contributed by atoms with E-state index in [1.807, 2.05) is 0 Å². The molecule has 4 rings (SSSR count). The van der Waals surface area contributed by atoms with Crippen LogP contribution in [0.5, 0.6) is 0 Å². The summed E-state index contributed by atoms with van der Waals surface area (Å²) in [6.07, 6.45) is 9.22. The van der Waals surface area contributed by atoms with Crippen molar-refractivity contribution in [2.24, 2.45) is 5.92 Å². The maximum atomic E-state index is 2.52. The Kier molecular flexibility index (Phi) is 6.15. The molecule has 0 N–H and O–H groups in total. The van der Waals surface area contributed by atoms with Gasteiger partial charge in [0.25, 0.3) is 0 Å². The Labute approximate surface area is 127 Å². The standard InChI is InChI=1S/C10H12P.3ClH.Zr/c1-10(8-4-2-3-5-8)9-6-11(10)7-9;;;;/h2,4,9H,3,6-7H2,1H3;3*1H;/q;;;;+3/p-3. The Morgan fingerprint density at radius 3 is 2.13 bits per heavy atom. The zero-order valence-electron chi connectivity index (χ0n) is 8.43. The van der Waals surface area contributed by atoms with Crippen molar-refractivity contribution in [3.8, 4) is 0 Å². The van der Waals surface area contributed by atoms with Crippen LogP contribution >= 0.6 is 7.92 Å². The van der Waals surface area contributed by atoms with Crippen LogP contribution in [0, 0.1) is 5.92 Å². The molecule has 1 unspecified atom stereocenters. The van der Waals surface area contributed by atoms with Crippen molar-refractivity contribution in [1.82, 2.24) is 0 Å². The Balaban J connectivity index is 0.000000653. The molecule has 1 atom stereocenters. The molecule has 4 aliphatic rings. The van der Waals surface area contributed by atoms with Gasteiger partial charge < -0.3 is 37.2 Å². The molecule has 0 aromatic heterocycles. The van der Waals surface area contributed by atoms with Gasteiger partial charge in [-0.1, -0.05) is 0 Å². The second-order valence-corrected chi connectivity index (χ2v) is 8.47. The van der Waals surface area contributed by atoms with Gasteiger partial charge in [0.05, 0.1) is 0 Å². The Hall–Kier alpha value is 1.66. The quantitative estimate of drug-likeness (QED) is 0.408. The summed E-state index contributed by atoms with van der Waals surface area (Å²) in [4.78, 5) is 0. The van der Waals surface area contributed by atoms with Crippen molar-refractivity contribution in [2.45, 2.75) is 18.5 Å². The van der Waals surface area contributed by atoms with E-state index in [1.165, 1.54) is 6.42 Å². The maximum absolute atomic E-state index is 2.52. The van der Waals surface area contributed by atoms with Gasteiger partial charge in [-0.2, -0.15) is 0 Å². The number of halogens is 3. The summed E-state index contributed by atoms with van der Waals surface area (Å²) >= 11 is 1.65. The van der Waals surface area contributed by atoms with Crippen LogP contribution in [0.2, 0.25) is 0 Å². The molecule has 2 bridgehead atoms. The Morgan fingerprint density at radius 2 is 1.87 bits per heavy atom. The predicted molar refractivity (Wildman–Crippen MR) is 49.3 cm³/mol. The summed E-state index contributed by atoms with van der Waals surface area (Å²) in [6.45, 7) is 2.52. The summed E-state index contributed by atoms with van der Waals surface area (Å²) in [6, 6.07) is 0. The zero-order valence-corrected chi connectivity index (χ0v) is 14.1. The average Bonchev–Trinajstić information content (AvgIpc) is 2.28. The first-order valence-corrected chi connectivity index (χ1v) is 7.54. The van der Waals surface area contributed by atoms with Crippen molar-refractivity contribution in [1.29, 1.82) is 0 Å². The molecule has 0 amide bonds. The third-order valence-electron chi connectivity index (χ3n) is 3.81. The van der Waals surface area contributed by atoms with Gasteiger partial charge in [0.15, 0.2) is 0 Å². The topological polar surface area (TPSA) is 0 Å². The van der Waals surface area contributed by atoms with Gasteiger partial charge >= 0.3 is 90.4 Å². The van der Waals surface area contributed by atoms with E-state index in [2.05, 4.69) is 19.1 Å². The predicted octanol–water partition coefficient (Wildman–Crippen LogP) is -6.36. The summed E-state index contributed by atoms with van der Waals surface area (Å²) in [5.74, 6) is 1.08. The van der Waals surface area contributed by atoms with E-state index < -0.39 is 0 Å². The van der Waals surface area contributed by atoms with Gasteiger partial charge in [0, 0.05) is 0 Å². The van der Waals surface area contributed by atoms with E-state index in [0.717, 1.165) is 5.92 Å². The average molecular weight is 361 g/mol. The SMILES string of the molecule is CC1(C2=[C]([Zr+3])CC=C2)C2CP1C2.[Cl-].[Cl-].[Cl-]. The Morgan fingerprint density at radius 1 is 1.33 bits per heavy atom. The molecule has 0 aromatic rings. The second kappa shape index (κ2) is 5.54. The molecule has 0 saturated carbocycles. The van der Waals surface area contributed by atoms with Crippen LogP contribution in [0.3, 0.4) is 0 Å². The molecule has 3 saturated heterocycles. The fourth-order valence-electron chi connectivity index (χ4n) is 2.62. The van der Waals surface area contributed by atoms with Crippen LogP contribution < -0.4 is 37.2 Å². The number of hydrogen-bond acceptors (Lipinski definition) is 0. The first-order chi connectivity index (χ1) is 5.73. The minimum atomic E-state index is 0. The third kappa shape index (κ3) is 2.06. The molecule has 0 spiro atoms. The van der Waals surface area contributed by atoms with Gasteiger partial charge in [0.2, 0.25) is 0 Å². The fraction of sp³-hybridized carbons (Fsp3) is 0.600. The van der Waals surface area contributed by atoms with E-state index in [1.54, 1.807) is 45.9 Å². The van der Waals surface area contributed by atoms with Crippen molar-refractivity contribution >= 4 is 7.92 Å². The van der Waals surface area contributed by atoms with Crippen LogP contribution in [0.25, 0.3) is 0 Å². The minimum Gasteiger partial charge on any atom is -1.00 e. The summed E-state index contributed by atoms with van der Waals surface area (Å²) < 4.78 is 1.74. The number of hydrogen-bond donors (Lipinski definition) is 0. The van der Waals surface area contributed by atoms with Gasteiger partial charge in [-0.25, -0.2) is 0 Å². The molecule has 0 nitrogen and oxygen atoms in total. The summed E-state index contributed by atoms with van der Waals surface area (Å²) in [5.41, 5.74) is 1.76. The van der Waals surface area contributed by atoms with Crippen LogP contribution in [-0.2, 0) is 24.7 Å². The van der Waals surface area contributed by atoms with Crippen LogP contribution in [0.1, 0.15) is 13.3 Å². The van der Waals surface area contributed by atoms with E-state index in [-0.39, 0.29) is 37.2 Å². The van der Waals surface area contributed by atoms with Gasteiger partial charge in [-0.05, 0) is 0 Å². The largest absolute Gasteiger partial charge is 1.00 e. The van der Waals surface area contributed by atoms with Crippen molar-refractivity contribution < 1.29 is 61.9 Å². The van der Waals surface area contributed by atoms with Gasteiger partial charge in [-0.15, -0.1) is 0 Å². The van der Waals surface area contributed by atoms with E-state index in [4.69, 9.17) is 0 Å². The zero-order chi connectivity index (χ0) is 8.34. The van der Waals surface area contributed by atoms with E-state index in [9.17, 15) is 0 Å².